The van der Waals surface area contributed by atoms with Crippen molar-refractivity contribution in [2.75, 3.05) is 18.0 Å². The number of hydrogen-bond acceptors (Lipinski definition) is 4. The maximum atomic E-state index is 6.02. The third kappa shape index (κ3) is 2.54. The number of hydrogen-bond donors (Lipinski definition) is 2. The third-order valence-electron chi connectivity index (χ3n) is 3.86. The van der Waals surface area contributed by atoms with Gasteiger partial charge in [0.1, 0.15) is 0 Å². The number of aromatic nitrogens is 3. The number of nitrogens with two attached hydrogens (primary N) is 1. The van der Waals surface area contributed by atoms with Crippen molar-refractivity contribution in [2.24, 2.45) is 5.73 Å². The average molecular weight is 271 g/mol. The van der Waals surface area contributed by atoms with Crippen molar-refractivity contribution >= 4 is 5.95 Å². The highest BCUT2D eigenvalue weighted by Crippen LogP contribution is 2.23. The predicted molar refractivity (Wildman–Crippen MR) is 80.7 cm³/mol. The van der Waals surface area contributed by atoms with Gasteiger partial charge in [-0.1, -0.05) is 17.7 Å². The van der Waals surface area contributed by atoms with Crippen LogP contribution in [0.5, 0.6) is 0 Å². The van der Waals surface area contributed by atoms with Gasteiger partial charge < -0.3 is 10.6 Å². The molecule has 106 valence electrons. The molecule has 20 heavy (non-hydrogen) atoms. The van der Waals surface area contributed by atoms with E-state index in [4.69, 9.17) is 5.73 Å². The number of nitrogens with one attached hydrogen (secondary N) is 1. The van der Waals surface area contributed by atoms with Crippen LogP contribution in [-0.4, -0.2) is 34.3 Å². The monoisotopic (exact) mass is 271 g/mol. The number of piperidine rings is 1. The fourth-order valence-corrected chi connectivity index (χ4v) is 2.70. The first-order valence-corrected chi connectivity index (χ1v) is 7.14. The number of nitrogens with zero attached hydrogens (tertiary/aromatic N) is 3. The summed E-state index contributed by atoms with van der Waals surface area (Å²) in [7, 11) is 0. The molecule has 1 aliphatic heterocycles. The molecule has 1 aromatic heterocycles. The van der Waals surface area contributed by atoms with Crippen molar-refractivity contribution in [1.82, 2.24) is 15.2 Å². The third-order valence-corrected chi connectivity index (χ3v) is 3.86. The van der Waals surface area contributed by atoms with Gasteiger partial charge in [0.05, 0.1) is 0 Å². The largest absolute Gasteiger partial charge is 0.338 e. The molecule has 0 amide bonds. The van der Waals surface area contributed by atoms with E-state index in [1.807, 2.05) is 0 Å². The summed E-state index contributed by atoms with van der Waals surface area (Å²) in [5.74, 6) is 1.59. The fraction of sp³-hybridized carbons (Fsp3) is 0.467. The topological polar surface area (TPSA) is 70.8 Å². The van der Waals surface area contributed by atoms with E-state index in [0.29, 0.717) is 0 Å². The maximum absolute atomic E-state index is 6.02. The van der Waals surface area contributed by atoms with E-state index < -0.39 is 0 Å². The zero-order valence-corrected chi connectivity index (χ0v) is 12.1. The SMILES string of the molecule is Cc1ccc(C)c(-c2nc(N3CCCC(N)C3)n[nH]2)c1. The minimum Gasteiger partial charge on any atom is -0.338 e. The van der Waals surface area contributed by atoms with Gasteiger partial charge in [0.15, 0.2) is 5.82 Å². The van der Waals surface area contributed by atoms with Gasteiger partial charge in [0.25, 0.3) is 0 Å². The fourth-order valence-electron chi connectivity index (χ4n) is 2.70. The van der Waals surface area contributed by atoms with Gasteiger partial charge in [0.2, 0.25) is 5.95 Å². The molecule has 1 aromatic carbocycles. The Kier molecular flexibility index (Phi) is 3.44. The van der Waals surface area contributed by atoms with Gasteiger partial charge in [-0.15, -0.1) is 5.10 Å². The summed E-state index contributed by atoms with van der Waals surface area (Å²) in [6.07, 6.45) is 2.19. The van der Waals surface area contributed by atoms with Gasteiger partial charge in [-0.2, -0.15) is 4.98 Å². The molecule has 0 saturated carbocycles. The average Bonchev–Trinajstić information content (AvgIpc) is 2.91. The lowest BCUT2D eigenvalue weighted by molar-refractivity contribution is 0.500. The number of aryl methyl sites for hydroxylation is 2. The van der Waals surface area contributed by atoms with Crippen molar-refractivity contribution in [3.8, 4) is 11.4 Å². The molecule has 2 heterocycles. The first kappa shape index (κ1) is 13.1. The molecule has 5 heteroatoms. The summed E-state index contributed by atoms with van der Waals surface area (Å²) in [6.45, 7) is 6.00. The lowest BCUT2D eigenvalue weighted by Crippen LogP contribution is -2.43. The van der Waals surface area contributed by atoms with E-state index in [1.165, 1.54) is 11.1 Å². The van der Waals surface area contributed by atoms with Crippen molar-refractivity contribution in [3.05, 3.63) is 29.3 Å². The number of benzene rings is 1. The Bertz CT molecular complexity index is 604. The molecule has 1 saturated heterocycles. The Morgan fingerprint density at radius 2 is 2.20 bits per heavy atom. The molecule has 0 aliphatic carbocycles. The molecule has 1 unspecified atom stereocenters. The van der Waals surface area contributed by atoms with E-state index in [9.17, 15) is 0 Å². The molecule has 1 aliphatic rings. The molecule has 0 bridgehead atoms. The van der Waals surface area contributed by atoms with Crippen LogP contribution in [0.1, 0.15) is 24.0 Å². The smallest absolute Gasteiger partial charge is 0.245 e. The Hall–Kier alpha value is -1.88. The van der Waals surface area contributed by atoms with Crippen LogP contribution in [0.15, 0.2) is 18.2 Å². The zero-order chi connectivity index (χ0) is 14.1. The highest BCUT2D eigenvalue weighted by Gasteiger charge is 2.20. The zero-order valence-electron chi connectivity index (χ0n) is 12.1. The Morgan fingerprint density at radius 3 is 3.00 bits per heavy atom. The Labute approximate surface area is 119 Å². The van der Waals surface area contributed by atoms with Gasteiger partial charge >= 0.3 is 0 Å². The second-order valence-electron chi connectivity index (χ2n) is 5.65. The van der Waals surface area contributed by atoms with E-state index in [2.05, 4.69) is 52.1 Å². The first-order valence-electron chi connectivity index (χ1n) is 7.14. The lowest BCUT2D eigenvalue weighted by atomic mass is 10.1. The van der Waals surface area contributed by atoms with Gasteiger partial charge in [0, 0.05) is 24.7 Å². The molecule has 3 N–H and O–H groups in total. The minimum absolute atomic E-state index is 0.228. The molecule has 0 radical (unpaired) electrons. The van der Waals surface area contributed by atoms with Crippen molar-refractivity contribution in [2.45, 2.75) is 32.7 Å². The maximum Gasteiger partial charge on any atom is 0.245 e. The van der Waals surface area contributed by atoms with E-state index in [-0.39, 0.29) is 6.04 Å². The minimum atomic E-state index is 0.228. The summed E-state index contributed by atoms with van der Waals surface area (Å²) in [4.78, 5) is 6.81. The van der Waals surface area contributed by atoms with E-state index in [1.54, 1.807) is 0 Å². The normalized spacial score (nSPS) is 19.4. The van der Waals surface area contributed by atoms with Crippen LogP contribution in [0.25, 0.3) is 11.4 Å². The second kappa shape index (κ2) is 5.25. The van der Waals surface area contributed by atoms with Gasteiger partial charge in [-0.05, 0) is 38.3 Å². The number of H-pyrrole nitrogens is 1. The Balaban J connectivity index is 1.88. The van der Waals surface area contributed by atoms with E-state index >= 15 is 0 Å². The van der Waals surface area contributed by atoms with Crippen LogP contribution in [0.2, 0.25) is 0 Å². The van der Waals surface area contributed by atoms with Crippen LogP contribution in [0, 0.1) is 13.8 Å². The summed E-state index contributed by atoms with van der Waals surface area (Å²) in [6, 6.07) is 6.59. The lowest BCUT2D eigenvalue weighted by Gasteiger charge is -2.29. The van der Waals surface area contributed by atoms with Crippen LogP contribution >= 0.6 is 0 Å². The van der Waals surface area contributed by atoms with Crippen molar-refractivity contribution in [3.63, 3.8) is 0 Å². The number of anilines is 1. The van der Waals surface area contributed by atoms with E-state index in [0.717, 1.165) is 43.3 Å². The van der Waals surface area contributed by atoms with Crippen LogP contribution in [-0.2, 0) is 0 Å². The molecule has 5 nitrogen and oxygen atoms in total. The molecular weight excluding hydrogens is 250 g/mol. The van der Waals surface area contributed by atoms with Gasteiger partial charge in [-0.3, -0.25) is 5.10 Å². The highest BCUT2D eigenvalue weighted by atomic mass is 15.4. The molecule has 3 rings (SSSR count). The van der Waals surface area contributed by atoms with Crippen molar-refractivity contribution < 1.29 is 0 Å². The molecule has 1 fully saturated rings. The molecule has 0 spiro atoms. The summed E-state index contributed by atoms with van der Waals surface area (Å²) in [5.41, 5.74) is 9.56. The van der Waals surface area contributed by atoms with Gasteiger partial charge in [-0.25, -0.2) is 0 Å². The predicted octanol–water partition coefficient (Wildman–Crippen LogP) is 2.02. The number of aromatic amines is 1. The van der Waals surface area contributed by atoms with Crippen LogP contribution in [0.3, 0.4) is 0 Å². The van der Waals surface area contributed by atoms with Crippen LogP contribution in [0.4, 0.5) is 5.95 Å². The quantitative estimate of drug-likeness (QED) is 0.876. The molecule has 2 aromatic rings. The number of rotatable bonds is 2. The Morgan fingerprint density at radius 1 is 1.35 bits per heavy atom. The summed E-state index contributed by atoms with van der Waals surface area (Å²) in [5, 5.41) is 7.41. The standard InChI is InChI=1S/C15H21N5/c1-10-5-6-11(2)13(8-10)14-17-15(19-18-14)20-7-3-4-12(16)9-20/h5-6,8,12H,3-4,7,9,16H2,1-2H3,(H,17,18,19). The first-order chi connectivity index (χ1) is 9.63. The highest BCUT2D eigenvalue weighted by molar-refractivity contribution is 5.62. The van der Waals surface area contributed by atoms with Crippen molar-refractivity contribution in [1.29, 1.82) is 0 Å². The van der Waals surface area contributed by atoms with Crippen LogP contribution < -0.4 is 10.6 Å². The second-order valence-corrected chi connectivity index (χ2v) is 5.65. The molecule has 1 atom stereocenters. The molecular formula is C15H21N5. The summed E-state index contributed by atoms with van der Waals surface area (Å²) >= 11 is 0. The summed E-state index contributed by atoms with van der Waals surface area (Å²) < 4.78 is 0.